The zero-order valence-corrected chi connectivity index (χ0v) is 15.3. The molecule has 0 aliphatic rings. The normalized spacial score (nSPS) is 10.3. The van der Waals surface area contributed by atoms with Crippen molar-refractivity contribution in [3.05, 3.63) is 59.5 Å². The van der Waals surface area contributed by atoms with Crippen LogP contribution in [0.3, 0.4) is 0 Å². The van der Waals surface area contributed by atoms with Gasteiger partial charge in [-0.2, -0.15) is 0 Å². The van der Waals surface area contributed by atoms with Gasteiger partial charge in [-0.3, -0.25) is 14.9 Å². The maximum atomic E-state index is 12.3. The number of ether oxygens (including phenoxy) is 2. The van der Waals surface area contributed by atoms with E-state index in [-0.39, 0.29) is 12.5 Å². The van der Waals surface area contributed by atoms with Crippen molar-refractivity contribution in [2.24, 2.45) is 5.73 Å². The Kier molecular flexibility index (Phi) is 5.68. The second-order valence-electron chi connectivity index (χ2n) is 5.50. The van der Waals surface area contributed by atoms with Gasteiger partial charge in [0, 0.05) is 16.5 Å². The molecule has 7 nitrogen and oxygen atoms in total. The Labute approximate surface area is 159 Å². The van der Waals surface area contributed by atoms with Crippen LogP contribution < -0.4 is 20.5 Å². The number of hydrogen-bond donors (Lipinski definition) is 2. The van der Waals surface area contributed by atoms with E-state index in [1.807, 2.05) is 29.6 Å². The van der Waals surface area contributed by atoms with Crippen LogP contribution in [0.5, 0.6) is 11.5 Å². The molecule has 1 aromatic heterocycles. The highest BCUT2D eigenvalue weighted by atomic mass is 32.1. The number of carbonyl (C=O) groups excluding carboxylic acids is 2. The summed E-state index contributed by atoms with van der Waals surface area (Å²) in [6.45, 7) is -0.210. The minimum absolute atomic E-state index is 0.210. The minimum atomic E-state index is -0.562. The lowest BCUT2D eigenvalue weighted by Gasteiger charge is -2.05. The summed E-state index contributed by atoms with van der Waals surface area (Å²) < 4.78 is 10.3. The van der Waals surface area contributed by atoms with E-state index in [9.17, 15) is 9.59 Å². The summed E-state index contributed by atoms with van der Waals surface area (Å²) in [4.78, 5) is 27.5. The Bertz CT molecular complexity index is 936. The molecule has 1 heterocycles. The van der Waals surface area contributed by atoms with Gasteiger partial charge in [0.15, 0.2) is 11.7 Å². The first-order chi connectivity index (χ1) is 13.0. The van der Waals surface area contributed by atoms with Crippen molar-refractivity contribution in [2.45, 2.75) is 0 Å². The summed E-state index contributed by atoms with van der Waals surface area (Å²) in [6, 6.07) is 13.9. The molecule has 3 rings (SSSR count). The van der Waals surface area contributed by atoms with E-state index in [1.54, 1.807) is 31.4 Å². The number of thiazole rings is 1. The third-order valence-electron chi connectivity index (χ3n) is 3.61. The maximum Gasteiger partial charge on any atom is 0.257 e. The van der Waals surface area contributed by atoms with Gasteiger partial charge in [-0.15, -0.1) is 11.3 Å². The van der Waals surface area contributed by atoms with Crippen molar-refractivity contribution < 1.29 is 19.1 Å². The first-order valence-corrected chi connectivity index (χ1v) is 8.85. The van der Waals surface area contributed by atoms with Gasteiger partial charge >= 0.3 is 0 Å². The Morgan fingerprint density at radius 1 is 1.07 bits per heavy atom. The molecule has 2 aromatic carbocycles. The van der Waals surface area contributed by atoms with E-state index >= 15 is 0 Å². The fourth-order valence-corrected chi connectivity index (χ4v) is 2.97. The smallest absolute Gasteiger partial charge is 0.257 e. The fourth-order valence-electron chi connectivity index (χ4n) is 2.25. The second-order valence-corrected chi connectivity index (χ2v) is 6.36. The Hall–Kier alpha value is -3.39. The highest BCUT2D eigenvalue weighted by Crippen LogP contribution is 2.26. The predicted molar refractivity (Wildman–Crippen MR) is 103 cm³/mol. The van der Waals surface area contributed by atoms with E-state index in [0.29, 0.717) is 16.4 Å². The van der Waals surface area contributed by atoms with Crippen molar-refractivity contribution in [3.8, 4) is 22.8 Å². The Balaban J connectivity index is 1.64. The topological polar surface area (TPSA) is 104 Å². The molecule has 0 saturated carbocycles. The molecule has 0 bridgehead atoms. The van der Waals surface area contributed by atoms with Crippen LogP contribution >= 0.6 is 11.3 Å². The number of benzene rings is 2. The first kappa shape index (κ1) is 18.4. The molecule has 3 N–H and O–H groups in total. The summed E-state index contributed by atoms with van der Waals surface area (Å²) in [5.74, 6) is 0.382. The fraction of sp³-hybridized carbons (Fsp3) is 0.105. The number of carbonyl (C=O) groups is 2. The summed E-state index contributed by atoms with van der Waals surface area (Å²) in [7, 11) is 1.61. The predicted octanol–water partition coefficient (Wildman–Crippen LogP) is 2.94. The first-order valence-electron chi connectivity index (χ1n) is 7.97. The van der Waals surface area contributed by atoms with Crippen molar-refractivity contribution in [1.82, 2.24) is 4.98 Å². The molecule has 0 spiro atoms. The van der Waals surface area contributed by atoms with E-state index < -0.39 is 5.91 Å². The van der Waals surface area contributed by atoms with Gasteiger partial charge in [-0.05, 0) is 48.5 Å². The number of primary amides is 1. The number of methoxy groups -OCH3 is 1. The highest BCUT2D eigenvalue weighted by Gasteiger charge is 2.10. The quantitative estimate of drug-likeness (QED) is 0.653. The number of nitrogens with zero attached hydrogens (tertiary/aromatic N) is 1. The molecule has 2 amide bonds. The monoisotopic (exact) mass is 383 g/mol. The maximum absolute atomic E-state index is 12.3. The number of rotatable bonds is 7. The van der Waals surface area contributed by atoms with Gasteiger partial charge < -0.3 is 15.2 Å². The lowest BCUT2D eigenvalue weighted by atomic mass is 10.2. The van der Waals surface area contributed by atoms with Gasteiger partial charge in [0.1, 0.15) is 11.5 Å². The molecule has 8 heteroatoms. The summed E-state index contributed by atoms with van der Waals surface area (Å²) in [6.07, 6.45) is 0. The third-order valence-corrected chi connectivity index (χ3v) is 4.37. The number of amides is 2. The largest absolute Gasteiger partial charge is 0.497 e. The Morgan fingerprint density at radius 3 is 2.37 bits per heavy atom. The van der Waals surface area contributed by atoms with Crippen molar-refractivity contribution in [2.75, 3.05) is 19.0 Å². The van der Waals surface area contributed by atoms with Crippen molar-refractivity contribution >= 4 is 28.3 Å². The molecule has 0 fully saturated rings. The number of nitrogens with one attached hydrogen (secondary N) is 1. The van der Waals surface area contributed by atoms with Crippen LogP contribution in [0.15, 0.2) is 53.9 Å². The summed E-state index contributed by atoms with van der Waals surface area (Å²) in [5, 5.41) is 5.14. The van der Waals surface area contributed by atoms with Crippen LogP contribution in [0, 0.1) is 0 Å². The average molecular weight is 383 g/mol. The summed E-state index contributed by atoms with van der Waals surface area (Å²) in [5.41, 5.74) is 7.17. The lowest BCUT2D eigenvalue weighted by Crippen LogP contribution is -2.20. The lowest BCUT2D eigenvalue weighted by molar-refractivity contribution is -0.119. The molecular formula is C19H17N3O4S. The van der Waals surface area contributed by atoms with E-state index in [0.717, 1.165) is 17.0 Å². The molecule has 0 radical (unpaired) electrons. The molecule has 138 valence electrons. The number of hydrogen-bond acceptors (Lipinski definition) is 6. The number of aromatic nitrogens is 1. The third kappa shape index (κ3) is 4.83. The zero-order chi connectivity index (χ0) is 19.2. The molecule has 0 atom stereocenters. The van der Waals surface area contributed by atoms with Gasteiger partial charge in [0.2, 0.25) is 0 Å². The van der Waals surface area contributed by atoms with E-state index in [4.69, 9.17) is 15.2 Å². The second kappa shape index (κ2) is 8.33. The molecule has 0 unspecified atom stereocenters. The standard InChI is InChI=1S/C19H17N3O4S/c1-25-14-6-2-12(3-7-14)16-11-27-19(21-16)22-18(24)13-4-8-15(9-5-13)26-10-17(20)23/h2-9,11H,10H2,1H3,(H2,20,23)(H,21,22,24). The molecular weight excluding hydrogens is 366 g/mol. The van der Waals surface area contributed by atoms with Crippen LogP contribution in [0.1, 0.15) is 10.4 Å². The van der Waals surface area contributed by atoms with Crippen LogP contribution in [-0.4, -0.2) is 30.5 Å². The zero-order valence-electron chi connectivity index (χ0n) is 14.5. The highest BCUT2D eigenvalue weighted by molar-refractivity contribution is 7.14. The van der Waals surface area contributed by atoms with E-state index in [2.05, 4.69) is 10.3 Å². The van der Waals surface area contributed by atoms with Crippen LogP contribution in [0.25, 0.3) is 11.3 Å². The number of anilines is 1. The molecule has 27 heavy (non-hydrogen) atoms. The van der Waals surface area contributed by atoms with Crippen molar-refractivity contribution in [3.63, 3.8) is 0 Å². The van der Waals surface area contributed by atoms with Crippen molar-refractivity contribution in [1.29, 1.82) is 0 Å². The SMILES string of the molecule is COc1ccc(-c2csc(NC(=O)c3ccc(OCC(N)=O)cc3)n2)cc1. The average Bonchev–Trinajstić information content (AvgIpc) is 3.15. The van der Waals surface area contributed by atoms with Gasteiger partial charge in [-0.25, -0.2) is 4.98 Å². The molecule has 0 aliphatic heterocycles. The summed E-state index contributed by atoms with van der Waals surface area (Å²) >= 11 is 1.34. The minimum Gasteiger partial charge on any atom is -0.497 e. The van der Waals surface area contributed by atoms with Crippen LogP contribution in [0.4, 0.5) is 5.13 Å². The molecule has 3 aromatic rings. The van der Waals surface area contributed by atoms with Gasteiger partial charge in [0.05, 0.1) is 12.8 Å². The van der Waals surface area contributed by atoms with Gasteiger partial charge in [0.25, 0.3) is 11.8 Å². The number of nitrogens with two attached hydrogens (primary N) is 1. The molecule has 0 aliphatic carbocycles. The van der Waals surface area contributed by atoms with Gasteiger partial charge in [-0.1, -0.05) is 0 Å². The van der Waals surface area contributed by atoms with Crippen LogP contribution in [-0.2, 0) is 4.79 Å². The van der Waals surface area contributed by atoms with Crippen LogP contribution in [0.2, 0.25) is 0 Å². The Morgan fingerprint density at radius 2 is 1.74 bits per heavy atom. The van der Waals surface area contributed by atoms with E-state index in [1.165, 1.54) is 11.3 Å². The molecule has 0 saturated heterocycles.